The van der Waals surface area contributed by atoms with E-state index in [0.717, 1.165) is 42.3 Å². The summed E-state index contributed by atoms with van der Waals surface area (Å²) in [6.45, 7) is -0.0564. The molecule has 1 saturated heterocycles. The number of halogens is 2. The van der Waals surface area contributed by atoms with E-state index in [0.29, 0.717) is 37.4 Å². The molecule has 198 valence electrons. The number of rotatable bonds is 7. The van der Waals surface area contributed by atoms with Gasteiger partial charge in [0.15, 0.2) is 9.84 Å². The van der Waals surface area contributed by atoms with Crippen molar-refractivity contribution in [2.45, 2.75) is 56.5 Å². The molecule has 9 nitrogen and oxygen atoms in total. The monoisotopic (exact) mass is 533 g/mol. The fourth-order valence-corrected chi connectivity index (χ4v) is 6.38. The van der Waals surface area contributed by atoms with E-state index in [-0.39, 0.29) is 30.4 Å². The van der Waals surface area contributed by atoms with Crippen molar-refractivity contribution in [1.29, 1.82) is 0 Å². The fourth-order valence-electron chi connectivity index (χ4n) is 5.83. The molecule has 12 heteroatoms. The molecule has 1 spiro atoms. The van der Waals surface area contributed by atoms with Crippen LogP contribution in [0.25, 0.3) is 0 Å². The predicted octanol–water partition coefficient (Wildman–Crippen LogP) is 2.25. The first-order valence-electron chi connectivity index (χ1n) is 12.6. The molecule has 4 aliphatic rings. The Bertz CT molecular complexity index is 1410. The SMILES string of the molecule is CS(=O)(=O)CC(=O)Nc1c2c(nn1CCC1CC1)C[C@]1(CCc3cc(N4CC(F)(F)C4)ccc31)NC2=O. The Labute approximate surface area is 213 Å². The zero-order valence-electron chi connectivity index (χ0n) is 20.5. The van der Waals surface area contributed by atoms with Gasteiger partial charge in [-0.2, -0.15) is 5.10 Å². The highest BCUT2D eigenvalue weighted by Gasteiger charge is 2.48. The number of nitrogens with zero attached hydrogens (tertiary/aromatic N) is 3. The second kappa shape index (κ2) is 8.24. The third-order valence-electron chi connectivity index (χ3n) is 7.81. The van der Waals surface area contributed by atoms with Gasteiger partial charge in [-0.1, -0.05) is 18.9 Å². The van der Waals surface area contributed by atoms with E-state index in [2.05, 4.69) is 10.6 Å². The van der Waals surface area contributed by atoms with E-state index < -0.39 is 33.0 Å². The normalized spacial score (nSPS) is 23.9. The summed E-state index contributed by atoms with van der Waals surface area (Å²) in [6, 6.07) is 5.68. The number of aryl methyl sites for hydroxylation is 2. The Morgan fingerprint density at radius 1 is 1.27 bits per heavy atom. The van der Waals surface area contributed by atoms with Crippen LogP contribution < -0.4 is 15.5 Å². The van der Waals surface area contributed by atoms with Gasteiger partial charge < -0.3 is 15.5 Å². The molecule has 2 amide bonds. The minimum absolute atomic E-state index is 0.240. The minimum atomic E-state index is -3.54. The summed E-state index contributed by atoms with van der Waals surface area (Å²) >= 11 is 0. The van der Waals surface area contributed by atoms with Crippen molar-refractivity contribution < 1.29 is 26.8 Å². The van der Waals surface area contributed by atoms with E-state index in [9.17, 15) is 26.8 Å². The molecular formula is C25H29F2N5O4S. The standard InChI is InChI=1S/C25H29F2N5O4S/c1-37(35,36)12-20(33)28-22-21-19(30-32(22)9-7-15-2-3-15)11-24(29-23(21)34)8-6-16-10-17(4-5-18(16)24)31-13-25(26,27)14-31/h4-5,10,15H,2-3,6-9,11-14H2,1H3,(H,28,33)(H,29,34)/t24-/m0/s1. The average Bonchev–Trinajstić information content (AvgIpc) is 3.47. The van der Waals surface area contributed by atoms with Crippen molar-refractivity contribution in [2.24, 2.45) is 5.92 Å². The van der Waals surface area contributed by atoms with Gasteiger partial charge in [-0.15, -0.1) is 0 Å². The first kappa shape index (κ1) is 24.3. The van der Waals surface area contributed by atoms with Crippen LogP contribution in [0.5, 0.6) is 0 Å². The number of amides is 2. The van der Waals surface area contributed by atoms with Gasteiger partial charge >= 0.3 is 0 Å². The fraction of sp³-hybridized carbons (Fsp3) is 0.560. The van der Waals surface area contributed by atoms with Gasteiger partial charge in [-0.25, -0.2) is 21.9 Å². The zero-order chi connectivity index (χ0) is 26.2. The van der Waals surface area contributed by atoms with Crippen LogP contribution >= 0.6 is 0 Å². The van der Waals surface area contributed by atoms with Crippen molar-refractivity contribution >= 4 is 33.2 Å². The number of benzene rings is 1. The topological polar surface area (TPSA) is 113 Å². The van der Waals surface area contributed by atoms with Crippen molar-refractivity contribution in [2.75, 3.05) is 35.3 Å². The largest absolute Gasteiger partial charge is 0.359 e. The van der Waals surface area contributed by atoms with Gasteiger partial charge in [0.05, 0.1) is 24.3 Å². The number of anilines is 2. The molecule has 0 bridgehead atoms. The molecule has 1 atom stereocenters. The Hall–Kier alpha value is -3.02. The molecule has 0 radical (unpaired) electrons. The maximum atomic E-state index is 13.5. The van der Waals surface area contributed by atoms with Gasteiger partial charge in [0.25, 0.3) is 11.8 Å². The summed E-state index contributed by atoms with van der Waals surface area (Å²) in [4.78, 5) is 27.6. The number of nitrogens with one attached hydrogen (secondary N) is 2. The first-order chi connectivity index (χ1) is 17.4. The summed E-state index contributed by atoms with van der Waals surface area (Å²) in [5, 5.41) is 10.5. The quantitative estimate of drug-likeness (QED) is 0.565. The highest BCUT2D eigenvalue weighted by atomic mass is 32.2. The Morgan fingerprint density at radius 2 is 2.03 bits per heavy atom. The van der Waals surface area contributed by atoms with E-state index in [4.69, 9.17) is 5.10 Å². The van der Waals surface area contributed by atoms with E-state index >= 15 is 0 Å². The van der Waals surface area contributed by atoms with Crippen LogP contribution in [0, 0.1) is 5.92 Å². The summed E-state index contributed by atoms with van der Waals surface area (Å²) in [7, 11) is -3.54. The summed E-state index contributed by atoms with van der Waals surface area (Å²) in [6.07, 6.45) is 5.92. The molecular weight excluding hydrogens is 504 g/mol. The van der Waals surface area contributed by atoms with Crippen LogP contribution in [0.15, 0.2) is 18.2 Å². The number of carbonyl (C=O) groups is 2. The number of alkyl halides is 2. The molecule has 3 heterocycles. The predicted molar refractivity (Wildman–Crippen MR) is 133 cm³/mol. The lowest BCUT2D eigenvalue weighted by molar-refractivity contribution is -0.113. The van der Waals surface area contributed by atoms with Crippen LogP contribution in [0.2, 0.25) is 0 Å². The Morgan fingerprint density at radius 3 is 2.70 bits per heavy atom. The molecule has 1 saturated carbocycles. The van der Waals surface area contributed by atoms with E-state index in [1.807, 2.05) is 18.2 Å². The minimum Gasteiger partial charge on any atom is -0.359 e. The lowest BCUT2D eigenvalue weighted by Gasteiger charge is -2.41. The number of fused-ring (bicyclic) bond motifs is 3. The maximum absolute atomic E-state index is 13.5. The highest BCUT2D eigenvalue weighted by molar-refractivity contribution is 7.91. The van der Waals surface area contributed by atoms with E-state index in [1.54, 1.807) is 9.58 Å². The lowest BCUT2D eigenvalue weighted by Crippen LogP contribution is -2.56. The number of sulfone groups is 1. The second-order valence-corrected chi connectivity index (χ2v) is 13.2. The van der Waals surface area contributed by atoms with Crippen LogP contribution in [0.3, 0.4) is 0 Å². The maximum Gasteiger partial charge on any atom is 0.282 e. The number of aromatic nitrogens is 2. The van der Waals surface area contributed by atoms with Crippen LogP contribution in [-0.2, 0) is 39.6 Å². The molecule has 2 aromatic rings. The van der Waals surface area contributed by atoms with Gasteiger partial charge in [-0.3, -0.25) is 9.59 Å². The van der Waals surface area contributed by atoms with Crippen molar-refractivity contribution in [3.63, 3.8) is 0 Å². The van der Waals surface area contributed by atoms with Gasteiger partial charge in [-0.05, 0) is 48.4 Å². The second-order valence-electron chi connectivity index (χ2n) is 11.0. The molecule has 6 rings (SSSR count). The molecule has 1 aromatic carbocycles. The third-order valence-corrected chi connectivity index (χ3v) is 8.59. The van der Waals surface area contributed by atoms with Crippen molar-refractivity contribution in [3.8, 4) is 0 Å². The number of hydrogen-bond acceptors (Lipinski definition) is 6. The molecule has 2 aliphatic carbocycles. The Kier molecular flexibility index (Phi) is 5.42. The third kappa shape index (κ3) is 4.60. The molecule has 2 N–H and O–H groups in total. The lowest BCUT2D eigenvalue weighted by atomic mass is 9.82. The summed E-state index contributed by atoms with van der Waals surface area (Å²) in [5.74, 6) is -3.57. The molecule has 37 heavy (non-hydrogen) atoms. The average molecular weight is 534 g/mol. The van der Waals surface area contributed by atoms with Gasteiger partial charge in [0, 0.05) is 24.9 Å². The molecule has 2 fully saturated rings. The summed E-state index contributed by atoms with van der Waals surface area (Å²) in [5.41, 5.74) is 2.90. The zero-order valence-corrected chi connectivity index (χ0v) is 21.3. The molecule has 0 unspecified atom stereocenters. The molecule has 1 aromatic heterocycles. The number of carbonyl (C=O) groups excluding carboxylic acids is 2. The van der Waals surface area contributed by atoms with Crippen molar-refractivity contribution in [3.05, 3.63) is 40.6 Å². The van der Waals surface area contributed by atoms with E-state index in [1.165, 1.54) is 0 Å². The first-order valence-corrected chi connectivity index (χ1v) is 14.6. The molecule has 2 aliphatic heterocycles. The van der Waals surface area contributed by atoms with Crippen molar-refractivity contribution in [1.82, 2.24) is 15.1 Å². The van der Waals surface area contributed by atoms with Gasteiger partial charge in [0.1, 0.15) is 17.1 Å². The summed E-state index contributed by atoms with van der Waals surface area (Å²) < 4.78 is 51.6. The Balaban J connectivity index is 1.30. The van der Waals surface area contributed by atoms with Crippen LogP contribution in [0.1, 0.15) is 52.9 Å². The highest BCUT2D eigenvalue weighted by Crippen LogP contribution is 2.45. The van der Waals surface area contributed by atoms with Gasteiger partial charge in [0.2, 0.25) is 5.91 Å². The van der Waals surface area contributed by atoms with Crippen LogP contribution in [-0.4, -0.2) is 61.0 Å². The number of hydrogen-bond donors (Lipinski definition) is 2. The smallest absolute Gasteiger partial charge is 0.282 e. The van der Waals surface area contributed by atoms with Crippen LogP contribution in [0.4, 0.5) is 20.3 Å².